The van der Waals surface area contributed by atoms with Crippen LogP contribution in [-0.2, 0) is 9.47 Å². The van der Waals surface area contributed by atoms with Crippen molar-refractivity contribution in [2.24, 2.45) is 0 Å². The third kappa shape index (κ3) is 3.11. The van der Waals surface area contributed by atoms with Gasteiger partial charge >= 0.3 is 6.03 Å². The second-order valence-corrected chi connectivity index (χ2v) is 4.19. The Morgan fingerprint density at radius 1 is 1.11 bits per heavy atom. The van der Waals surface area contributed by atoms with E-state index in [9.17, 15) is 4.79 Å². The molecule has 1 saturated heterocycles. The minimum Gasteiger partial charge on any atom is -0.396 e. The van der Waals surface area contributed by atoms with Crippen molar-refractivity contribution in [3.8, 4) is 0 Å². The van der Waals surface area contributed by atoms with Crippen LogP contribution in [0.3, 0.4) is 0 Å². The van der Waals surface area contributed by atoms with Gasteiger partial charge in [0.25, 0.3) is 0 Å². The van der Waals surface area contributed by atoms with Crippen LogP contribution in [0.5, 0.6) is 0 Å². The van der Waals surface area contributed by atoms with E-state index in [-0.39, 0.29) is 44.6 Å². The molecular weight excluding hydrogens is 240 g/mol. The second kappa shape index (κ2) is 7.52. The topological polar surface area (TPSA) is 82.5 Å². The van der Waals surface area contributed by atoms with E-state index in [0.29, 0.717) is 13.0 Å². The van der Waals surface area contributed by atoms with Gasteiger partial charge in [0.05, 0.1) is 25.3 Å². The van der Waals surface area contributed by atoms with Crippen molar-refractivity contribution in [1.82, 2.24) is 9.80 Å². The number of amides is 2. The van der Waals surface area contributed by atoms with Crippen LogP contribution in [0, 0.1) is 0 Å². The highest BCUT2D eigenvalue weighted by atomic mass is 16.5. The maximum absolute atomic E-state index is 12.2. The highest BCUT2D eigenvalue weighted by molar-refractivity contribution is 5.78. The van der Waals surface area contributed by atoms with Gasteiger partial charge in [-0.3, -0.25) is 4.90 Å². The maximum atomic E-state index is 12.2. The number of hydrogen-bond donors (Lipinski definition) is 2. The number of hydrogen-bond acceptors (Lipinski definition) is 5. The number of carbonyl (C=O) groups excluding carboxylic acids is 1. The molecule has 0 aromatic rings. The SMILES string of the molecule is COCC1C(CCO)N(CCO)C(=O)N1COC. The molecule has 106 valence electrons. The number of ether oxygens (including phenoxy) is 2. The second-order valence-electron chi connectivity index (χ2n) is 4.19. The Hall–Kier alpha value is -0.890. The van der Waals surface area contributed by atoms with Crippen LogP contribution in [0.4, 0.5) is 4.79 Å². The number of carbonyl (C=O) groups is 1. The Morgan fingerprint density at radius 2 is 1.83 bits per heavy atom. The van der Waals surface area contributed by atoms with E-state index < -0.39 is 0 Å². The zero-order chi connectivity index (χ0) is 13.5. The lowest BCUT2D eigenvalue weighted by Crippen LogP contribution is -2.42. The Morgan fingerprint density at radius 3 is 2.33 bits per heavy atom. The fourth-order valence-corrected chi connectivity index (χ4v) is 2.38. The normalized spacial score (nSPS) is 24.1. The molecule has 2 N–H and O–H groups in total. The molecule has 0 bridgehead atoms. The molecule has 0 radical (unpaired) electrons. The predicted octanol–water partition coefficient (Wildman–Crippen LogP) is -0.914. The number of rotatable bonds is 8. The van der Waals surface area contributed by atoms with Gasteiger partial charge in [0.1, 0.15) is 6.73 Å². The van der Waals surface area contributed by atoms with Crippen molar-refractivity contribution in [2.75, 3.05) is 47.3 Å². The molecule has 2 unspecified atom stereocenters. The summed E-state index contributed by atoms with van der Waals surface area (Å²) in [5.41, 5.74) is 0. The van der Waals surface area contributed by atoms with Crippen molar-refractivity contribution in [1.29, 1.82) is 0 Å². The van der Waals surface area contributed by atoms with Gasteiger partial charge in [0.15, 0.2) is 0 Å². The first-order chi connectivity index (χ1) is 8.71. The third-order valence-corrected chi connectivity index (χ3v) is 3.11. The molecule has 0 saturated carbocycles. The van der Waals surface area contributed by atoms with Crippen LogP contribution in [0.15, 0.2) is 0 Å². The zero-order valence-electron chi connectivity index (χ0n) is 10.9. The summed E-state index contributed by atoms with van der Waals surface area (Å²) in [5.74, 6) is 0. The first kappa shape index (κ1) is 15.2. The molecule has 1 heterocycles. The standard InChI is InChI=1S/C11H22N2O5/c1-17-7-10-9(3-5-14)12(4-6-15)11(16)13(10)8-18-2/h9-10,14-15H,3-8H2,1-2H3. The quantitative estimate of drug-likeness (QED) is 0.591. The fraction of sp³-hybridized carbons (Fsp3) is 0.909. The molecule has 1 rings (SSSR count). The Labute approximate surface area is 107 Å². The molecular formula is C11H22N2O5. The number of aliphatic hydroxyl groups is 2. The van der Waals surface area contributed by atoms with Crippen LogP contribution in [0.25, 0.3) is 0 Å². The molecule has 0 aromatic heterocycles. The van der Waals surface area contributed by atoms with E-state index in [1.54, 1.807) is 16.9 Å². The molecule has 0 spiro atoms. The molecule has 1 fully saturated rings. The van der Waals surface area contributed by atoms with Crippen molar-refractivity contribution < 1.29 is 24.5 Å². The number of urea groups is 1. The summed E-state index contributed by atoms with van der Waals surface area (Å²) in [7, 11) is 3.09. The number of methoxy groups -OCH3 is 2. The maximum Gasteiger partial charge on any atom is 0.322 e. The molecule has 1 aliphatic heterocycles. The lowest BCUT2D eigenvalue weighted by Gasteiger charge is -2.26. The van der Waals surface area contributed by atoms with Crippen LogP contribution < -0.4 is 0 Å². The van der Waals surface area contributed by atoms with E-state index in [1.165, 1.54) is 7.11 Å². The van der Waals surface area contributed by atoms with E-state index >= 15 is 0 Å². The lowest BCUT2D eigenvalue weighted by atomic mass is 10.1. The van der Waals surface area contributed by atoms with Crippen molar-refractivity contribution in [3.63, 3.8) is 0 Å². The average molecular weight is 262 g/mol. The molecule has 2 amide bonds. The van der Waals surface area contributed by atoms with Gasteiger partial charge in [0.2, 0.25) is 0 Å². The third-order valence-electron chi connectivity index (χ3n) is 3.11. The van der Waals surface area contributed by atoms with E-state index in [4.69, 9.17) is 19.7 Å². The largest absolute Gasteiger partial charge is 0.396 e. The first-order valence-corrected chi connectivity index (χ1v) is 5.98. The molecule has 18 heavy (non-hydrogen) atoms. The smallest absolute Gasteiger partial charge is 0.322 e. The number of β-amino-alcohol motifs (C(OH)–C–C–N with tert-alkyl or cyclic N) is 1. The Bertz CT molecular complexity index is 240. The molecule has 1 aliphatic rings. The molecule has 7 nitrogen and oxygen atoms in total. The Balaban J connectivity index is 2.87. The van der Waals surface area contributed by atoms with Gasteiger partial charge in [0, 0.05) is 27.4 Å². The minimum atomic E-state index is -0.189. The van der Waals surface area contributed by atoms with Gasteiger partial charge in [-0.15, -0.1) is 0 Å². The van der Waals surface area contributed by atoms with Gasteiger partial charge in [-0.1, -0.05) is 0 Å². The highest BCUT2D eigenvalue weighted by Gasteiger charge is 2.44. The first-order valence-electron chi connectivity index (χ1n) is 5.98. The lowest BCUT2D eigenvalue weighted by molar-refractivity contribution is 0.0392. The molecule has 7 heteroatoms. The van der Waals surface area contributed by atoms with E-state index in [2.05, 4.69) is 0 Å². The summed E-state index contributed by atoms with van der Waals surface area (Å²) in [6.45, 7) is 0.692. The summed E-state index contributed by atoms with van der Waals surface area (Å²) in [4.78, 5) is 15.3. The van der Waals surface area contributed by atoms with Crippen molar-refractivity contribution in [3.05, 3.63) is 0 Å². The monoisotopic (exact) mass is 262 g/mol. The van der Waals surface area contributed by atoms with Gasteiger partial charge in [-0.2, -0.15) is 0 Å². The molecule has 0 aromatic carbocycles. The molecule has 2 atom stereocenters. The van der Waals surface area contributed by atoms with Gasteiger partial charge in [-0.05, 0) is 6.42 Å². The Kier molecular flexibility index (Phi) is 6.34. The highest BCUT2D eigenvalue weighted by Crippen LogP contribution is 2.25. The van der Waals surface area contributed by atoms with Crippen LogP contribution in [0.1, 0.15) is 6.42 Å². The predicted molar refractivity (Wildman–Crippen MR) is 64.1 cm³/mol. The van der Waals surface area contributed by atoms with Crippen molar-refractivity contribution >= 4 is 6.03 Å². The minimum absolute atomic E-state index is 0.0130. The fourth-order valence-electron chi connectivity index (χ4n) is 2.38. The number of nitrogens with zero attached hydrogens (tertiary/aromatic N) is 2. The van der Waals surface area contributed by atoms with E-state index in [0.717, 1.165) is 0 Å². The average Bonchev–Trinajstić information content (AvgIpc) is 2.58. The summed E-state index contributed by atoms with van der Waals surface area (Å²) in [5, 5.41) is 18.1. The van der Waals surface area contributed by atoms with Gasteiger partial charge in [-0.25, -0.2) is 4.79 Å². The van der Waals surface area contributed by atoms with Crippen LogP contribution >= 0.6 is 0 Å². The summed E-state index contributed by atoms with van der Waals surface area (Å²) in [6.07, 6.45) is 0.458. The van der Waals surface area contributed by atoms with Gasteiger partial charge < -0.3 is 24.6 Å². The molecule has 0 aliphatic carbocycles. The summed E-state index contributed by atoms with van der Waals surface area (Å²) in [6, 6.07) is -0.516. The van der Waals surface area contributed by atoms with Crippen LogP contribution in [0.2, 0.25) is 0 Å². The number of aliphatic hydroxyl groups excluding tert-OH is 2. The zero-order valence-corrected chi connectivity index (χ0v) is 10.9. The van der Waals surface area contributed by atoms with Crippen LogP contribution in [-0.4, -0.2) is 85.4 Å². The van der Waals surface area contributed by atoms with Crippen molar-refractivity contribution in [2.45, 2.75) is 18.5 Å². The summed E-state index contributed by atoms with van der Waals surface area (Å²) >= 11 is 0. The van der Waals surface area contributed by atoms with E-state index in [1.807, 2.05) is 0 Å². The summed E-state index contributed by atoms with van der Waals surface area (Å²) < 4.78 is 10.2.